The number of hydrogen-bond donors (Lipinski definition) is 1. The number of anilines is 1. The van der Waals surface area contributed by atoms with Crippen LogP contribution in [0.2, 0.25) is 5.02 Å². The summed E-state index contributed by atoms with van der Waals surface area (Å²) in [4.78, 5) is 2.51. The van der Waals surface area contributed by atoms with Crippen molar-refractivity contribution in [2.75, 3.05) is 31.5 Å². The Morgan fingerprint density at radius 1 is 1.11 bits per heavy atom. The molecule has 1 aromatic carbocycles. The number of aryl methyl sites for hydroxylation is 1. The number of halogens is 1. The monoisotopic (exact) mass is 268 g/mol. The summed E-state index contributed by atoms with van der Waals surface area (Å²) in [6.07, 6.45) is 2.44. The second kappa shape index (κ2) is 8.39. The van der Waals surface area contributed by atoms with Gasteiger partial charge in [0.1, 0.15) is 0 Å². The summed E-state index contributed by atoms with van der Waals surface area (Å²) in [5.41, 5.74) is 2.40. The van der Waals surface area contributed by atoms with Crippen LogP contribution in [-0.4, -0.2) is 31.1 Å². The fourth-order valence-corrected chi connectivity index (χ4v) is 2.27. The smallest absolute Gasteiger partial charge is 0.0426 e. The average molecular weight is 269 g/mol. The fourth-order valence-electron chi connectivity index (χ4n) is 2.10. The molecule has 2 nitrogen and oxygen atoms in total. The molecule has 0 fully saturated rings. The van der Waals surface area contributed by atoms with Crippen LogP contribution in [0.1, 0.15) is 32.3 Å². The van der Waals surface area contributed by atoms with Crippen molar-refractivity contribution in [1.29, 1.82) is 0 Å². The minimum Gasteiger partial charge on any atom is -0.384 e. The molecule has 0 heterocycles. The highest BCUT2D eigenvalue weighted by Gasteiger charge is 2.03. The highest BCUT2D eigenvalue weighted by molar-refractivity contribution is 6.30. The first-order valence-corrected chi connectivity index (χ1v) is 7.27. The van der Waals surface area contributed by atoms with Crippen molar-refractivity contribution >= 4 is 17.3 Å². The highest BCUT2D eigenvalue weighted by Crippen LogP contribution is 2.19. The van der Waals surface area contributed by atoms with Gasteiger partial charge in [-0.1, -0.05) is 31.5 Å². The largest absolute Gasteiger partial charge is 0.384 e. The van der Waals surface area contributed by atoms with Crippen molar-refractivity contribution in [1.82, 2.24) is 4.90 Å². The van der Waals surface area contributed by atoms with E-state index in [0.29, 0.717) is 0 Å². The summed E-state index contributed by atoms with van der Waals surface area (Å²) in [6, 6.07) is 5.99. The quantitative estimate of drug-likeness (QED) is 0.761. The average Bonchev–Trinajstić information content (AvgIpc) is 2.34. The van der Waals surface area contributed by atoms with E-state index in [4.69, 9.17) is 11.6 Å². The van der Waals surface area contributed by atoms with Crippen LogP contribution in [0, 0.1) is 6.92 Å². The molecule has 0 amide bonds. The third-order valence-corrected chi connectivity index (χ3v) is 3.26. The lowest BCUT2D eigenvalue weighted by molar-refractivity contribution is 0.285. The molecule has 18 heavy (non-hydrogen) atoms. The van der Waals surface area contributed by atoms with Crippen LogP contribution in [0.15, 0.2) is 18.2 Å². The molecule has 0 bridgehead atoms. The van der Waals surface area contributed by atoms with Crippen molar-refractivity contribution in [3.05, 3.63) is 28.8 Å². The Morgan fingerprint density at radius 2 is 1.78 bits per heavy atom. The van der Waals surface area contributed by atoms with Gasteiger partial charge in [-0.2, -0.15) is 0 Å². The zero-order chi connectivity index (χ0) is 13.4. The lowest BCUT2D eigenvalue weighted by Gasteiger charge is -2.21. The van der Waals surface area contributed by atoms with E-state index in [9.17, 15) is 0 Å². The summed E-state index contributed by atoms with van der Waals surface area (Å²) in [5, 5.41) is 4.27. The van der Waals surface area contributed by atoms with Gasteiger partial charge >= 0.3 is 0 Å². The molecule has 1 N–H and O–H groups in total. The minimum atomic E-state index is 0.794. The Kier molecular flexibility index (Phi) is 7.14. The van der Waals surface area contributed by atoms with Gasteiger partial charge in [-0.25, -0.2) is 0 Å². The molecule has 0 spiro atoms. The normalized spacial score (nSPS) is 10.9. The lowest BCUT2D eigenvalue weighted by Crippen LogP contribution is -2.30. The molecule has 3 heteroatoms. The van der Waals surface area contributed by atoms with E-state index in [1.165, 1.54) is 31.5 Å². The van der Waals surface area contributed by atoms with E-state index in [1.54, 1.807) is 0 Å². The van der Waals surface area contributed by atoms with Crippen LogP contribution in [0.3, 0.4) is 0 Å². The zero-order valence-corrected chi connectivity index (χ0v) is 12.6. The van der Waals surface area contributed by atoms with Gasteiger partial charge in [-0.15, -0.1) is 0 Å². The molecule has 0 atom stereocenters. The minimum absolute atomic E-state index is 0.794. The van der Waals surface area contributed by atoms with Crippen molar-refractivity contribution in [2.24, 2.45) is 0 Å². The zero-order valence-electron chi connectivity index (χ0n) is 11.8. The second-order valence-electron chi connectivity index (χ2n) is 4.73. The number of nitrogens with one attached hydrogen (secondary N) is 1. The molecule has 0 unspecified atom stereocenters. The van der Waals surface area contributed by atoms with Gasteiger partial charge in [0.15, 0.2) is 0 Å². The molecule has 0 aliphatic carbocycles. The van der Waals surface area contributed by atoms with E-state index in [1.807, 2.05) is 12.1 Å². The van der Waals surface area contributed by atoms with Gasteiger partial charge in [0, 0.05) is 23.8 Å². The number of rotatable bonds is 8. The Balaban J connectivity index is 2.41. The first-order valence-electron chi connectivity index (χ1n) is 6.89. The van der Waals surface area contributed by atoms with Gasteiger partial charge in [-0.3, -0.25) is 0 Å². The highest BCUT2D eigenvalue weighted by atomic mass is 35.5. The number of hydrogen-bond acceptors (Lipinski definition) is 2. The molecule has 0 saturated carbocycles. The maximum Gasteiger partial charge on any atom is 0.0426 e. The first-order chi connectivity index (χ1) is 8.67. The number of nitrogens with zero attached hydrogens (tertiary/aromatic N) is 1. The molecule has 0 aliphatic heterocycles. The van der Waals surface area contributed by atoms with E-state index in [0.717, 1.165) is 23.8 Å². The maximum atomic E-state index is 6.01. The second-order valence-corrected chi connectivity index (χ2v) is 5.16. The van der Waals surface area contributed by atoms with Gasteiger partial charge in [-0.05, 0) is 50.6 Å². The van der Waals surface area contributed by atoms with Crippen molar-refractivity contribution < 1.29 is 0 Å². The Labute approximate surface area is 116 Å². The van der Waals surface area contributed by atoms with Gasteiger partial charge < -0.3 is 10.2 Å². The van der Waals surface area contributed by atoms with Crippen molar-refractivity contribution in [3.8, 4) is 0 Å². The van der Waals surface area contributed by atoms with Gasteiger partial charge in [0.25, 0.3) is 0 Å². The van der Waals surface area contributed by atoms with Crippen LogP contribution in [-0.2, 0) is 0 Å². The summed E-state index contributed by atoms with van der Waals surface area (Å²) in [6.45, 7) is 11.0. The van der Waals surface area contributed by atoms with Crippen LogP contribution in [0.25, 0.3) is 0 Å². The Hall–Kier alpha value is -0.730. The summed E-state index contributed by atoms with van der Waals surface area (Å²) < 4.78 is 0. The van der Waals surface area contributed by atoms with Crippen LogP contribution in [0.5, 0.6) is 0 Å². The van der Waals surface area contributed by atoms with E-state index < -0.39 is 0 Å². The third-order valence-electron chi connectivity index (χ3n) is 3.02. The van der Waals surface area contributed by atoms with Crippen molar-refractivity contribution in [3.63, 3.8) is 0 Å². The van der Waals surface area contributed by atoms with Gasteiger partial charge in [0.05, 0.1) is 0 Å². The van der Waals surface area contributed by atoms with Crippen LogP contribution in [0.4, 0.5) is 5.69 Å². The topological polar surface area (TPSA) is 15.3 Å². The molecule has 0 radical (unpaired) electrons. The van der Waals surface area contributed by atoms with E-state index >= 15 is 0 Å². The molecule has 0 aromatic heterocycles. The number of benzene rings is 1. The molecular formula is C15H25ClN2. The van der Waals surface area contributed by atoms with E-state index in [2.05, 4.69) is 37.1 Å². The van der Waals surface area contributed by atoms with E-state index in [-0.39, 0.29) is 0 Å². The molecular weight excluding hydrogens is 244 g/mol. The predicted molar refractivity (Wildman–Crippen MR) is 81.7 cm³/mol. The van der Waals surface area contributed by atoms with Crippen LogP contribution < -0.4 is 5.32 Å². The molecule has 1 aromatic rings. The summed E-state index contributed by atoms with van der Waals surface area (Å²) >= 11 is 6.01. The Bertz CT molecular complexity index is 346. The standard InChI is InChI=1S/C15H25ClN2/c1-4-9-18(10-5-2)11-8-17-15-12-14(16)7-6-13(15)3/h6-7,12,17H,4-5,8-11H2,1-3H3. The molecule has 0 saturated heterocycles. The molecule has 1 rings (SSSR count). The SMILES string of the molecule is CCCN(CCC)CCNc1cc(Cl)ccc1C. The molecule has 102 valence electrons. The summed E-state index contributed by atoms with van der Waals surface area (Å²) in [5.74, 6) is 0. The molecule has 0 aliphatic rings. The summed E-state index contributed by atoms with van der Waals surface area (Å²) in [7, 11) is 0. The Morgan fingerprint density at radius 3 is 2.39 bits per heavy atom. The predicted octanol–water partition coefficient (Wildman–Crippen LogP) is 4.18. The lowest BCUT2D eigenvalue weighted by atomic mass is 10.2. The van der Waals surface area contributed by atoms with Gasteiger partial charge in [0.2, 0.25) is 0 Å². The van der Waals surface area contributed by atoms with Crippen molar-refractivity contribution in [2.45, 2.75) is 33.6 Å². The van der Waals surface area contributed by atoms with Crippen LogP contribution >= 0.6 is 11.6 Å². The first kappa shape index (κ1) is 15.3. The maximum absolute atomic E-state index is 6.01. The third kappa shape index (κ3) is 5.28. The fraction of sp³-hybridized carbons (Fsp3) is 0.600.